The van der Waals surface area contributed by atoms with Crippen molar-refractivity contribution in [1.29, 1.82) is 0 Å². The van der Waals surface area contributed by atoms with E-state index in [1.54, 1.807) is 12.1 Å². The second-order valence-corrected chi connectivity index (χ2v) is 6.34. The molecule has 3 rings (SSSR count). The van der Waals surface area contributed by atoms with Gasteiger partial charge < -0.3 is 9.84 Å². The van der Waals surface area contributed by atoms with Crippen LogP contribution in [0.5, 0.6) is 0 Å². The Morgan fingerprint density at radius 2 is 1.76 bits per heavy atom. The molecule has 25 heavy (non-hydrogen) atoms. The van der Waals surface area contributed by atoms with Gasteiger partial charge in [-0.3, -0.25) is 19.4 Å². The Labute approximate surface area is 147 Å². The number of para-hydroxylation sites is 1. The molecular formula is C18H25N3O4. The third-order valence-electron chi connectivity index (χ3n) is 4.77. The van der Waals surface area contributed by atoms with Gasteiger partial charge in [0.2, 0.25) is 5.91 Å². The number of hydrogen-bond acceptors (Lipinski definition) is 6. The number of aliphatic hydroxyl groups excluding tert-OH is 1. The van der Waals surface area contributed by atoms with E-state index >= 15 is 0 Å². The highest BCUT2D eigenvalue weighted by atomic mass is 16.5. The molecule has 0 spiro atoms. The topological polar surface area (TPSA) is 73.3 Å². The summed E-state index contributed by atoms with van der Waals surface area (Å²) in [5, 5.41) is 8.70. The predicted molar refractivity (Wildman–Crippen MR) is 93.3 cm³/mol. The van der Waals surface area contributed by atoms with Crippen LogP contribution >= 0.6 is 0 Å². The van der Waals surface area contributed by atoms with Crippen LogP contribution in [0.4, 0.5) is 5.69 Å². The maximum Gasteiger partial charge on any atom is 0.251 e. The number of benzene rings is 1. The lowest BCUT2D eigenvalue weighted by atomic mass is 10.1. The molecule has 2 fully saturated rings. The molecule has 136 valence electrons. The van der Waals surface area contributed by atoms with Crippen molar-refractivity contribution in [3.8, 4) is 0 Å². The molecule has 1 aromatic rings. The molecule has 2 aliphatic rings. The highest BCUT2D eigenvalue weighted by Gasteiger charge is 2.43. The normalized spacial score (nSPS) is 22.8. The Balaban J connectivity index is 1.52. The zero-order valence-electron chi connectivity index (χ0n) is 14.3. The lowest BCUT2D eigenvalue weighted by Gasteiger charge is -2.36. The van der Waals surface area contributed by atoms with Gasteiger partial charge in [-0.2, -0.15) is 0 Å². The number of carbonyl (C=O) groups is 2. The molecule has 0 unspecified atom stereocenters. The molecule has 2 saturated heterocycles. The average Bonchev–Trinajstić information content (AvgIpc) is 2.94. The minimum Gasteiger partial charge on any atom is -0.394 e. The van der Waals surface area contributed by atoms with Crippen LogP contribution in [0.2, 0.25) is 0 Å². The van der Waals surface area contributed by atoms with Gasteiger partial charge in [0.05, 0.1) is 38.0 Å². The SMILES string of the molecule is O=C1C[C@@H](N2CCN(CCOCCO)CC2)C(=O)N1c1ccccc1. The first-order chi connectivity index (χ1) is 12.2. The molecule has 2 aliphatic heterocycles. The molecule has 0 bridgehead atoms. The molecule has 0 saturated carbocycles. The van der Waals surface area contributed by atoms with Crippen LogP contribution in [-0.2, 0) is 14.3 Å². The van der Waals surface area contributed by atoms with Gasteiger partial charge in [0.1, 0.15) is 0 Å². The number of piperazine rings is 1. The summed E-state index contributed by atoms with van der Waals surface area (Å²) in [6.45, 7) is 5.08. The number of anilines is 1. The van der Waals surface area contributed by atoms with Crippen LogP contribution in [0.3, 0.4) is 0 Å². The molecule has 7 nitrogen and oxygen atoms in total. The highest BCUT2D eigenvalue weighted by Crippen LogP contribution is 2.26. The van der Waals surface area contributed by atoms with Gasteiger partial charge in [-0.15, -0.1) is 0 Å². The first-order valence-electron chi connectivity index (χ1n) is 8.77. The van der Waals surface area contributed by atoms with Crippen molar-refractivity contribution in [2.24, 2.45) is 0 Å². The van der Waals surface area contributed by atoms with E-state index in [1.807, 2.05) is 18.2 Å². The zero-order valence-corrected chi connectivity index (χ0v) is 14.3. The third kappa shape index (κ3) is 4.24. The van der Waals surface area contributed by atoms with Crippen molar-refractivity contribution in [1.82, 2.24) is 9.80 Å². The van der Waals surface area contributed by atoms with Gasteiger partial charge in [-0.1, -0.05) is 18.2 Å². The summed E-state index contributed by atoms with van der Waals surface area (Å²) in [6.07, 6.45) is 0.257. The Morgan fingerprint density at radius 3 is 2.44 bits per heavy atom. The van der Waals surface area contributed by atoms with E-state index in [1.165, 1.54) is 4.90 Å². The predicted octanol–water partition coefficient (Wildman–Crippen LogP) is -0.0550. The van der Waals surface area contributed by atoms with E-state index in [2.05, 4.69) is 9.80 Å². The molecule has 0 aromatic heterocycles. The summed E-state index contributed by atoms with van der Waals surface area (Å²) in [6, 6.07) is 8.78. The number of carbonyl (C=O) groups excluding carboxylic acids is 2. The minimum atomic E-state index is -0.347. The van der Waals surface area contributed by atoms with E-state index in [-0.39, 0.29) is 30.9 Å². The number of hydrogen-bond donors (Lipinski definition) is 1. The monoisotopic (exact) mass is 347 g/mol. The van der Waals surface area contributed by atoms with E-state index in [0.717, 1.165) is 32.7 Å². The molecule has 0 radical (unpaired) electrons. The molecule has 1 N–H and O–H groups in total. The number of imide groups is 1. The van der Waals surface area contributed by atoms with E-state index < -0.39 is 0 Å². The Kier molecular flexibility index (Phi) is 6.14. The third-order valence-corrected chi connectivity index (χ3v) is 4.77. The van der Waals surface area contributed by atoms with E-state index in [0.29, 0.717) is 18.9 Å². The van der Waals surface area contributed by atoms with E-state index in [4.69, 9.17) is 9.84 Å². The first-order valence-corrected chi connectivity index (χ1v) is 8.77. The number of rotatable bonds is 7. The number of amides is 2. The van der Waals surface area contributed by atoms with Gasteiger partial charge in [-0.25, -0.2) is 4.90 Å². The summed E-state index contributed by atoms with van der Waals surface area (Å²) in [5.74, 6) is -0.239. The summed E-state index contributed by atoms with van der Waals surface area (Å²) < 4.78 is 5.30. The first kappa shape index (κ1) is 18.0. The maximum atomic E-state index is 12.7. The molecular weight excluding hydrogens is 322 g/mol. The van der Waals surface area contributed by atoms with Crippen molar-refractivity contribution in [3.63, 3.8) is 0 Å². The van der Waals surface area contributed by atoms with Crippen molar-refractivity contribution in [2.75, 3.05) is 57.4 Å². The van der Waals surface area contributed by atoms with Gasteiger partial charge in [-0.05, 0) is 12.1 Å². The number of aliphatic hydroxyl groups is 1. The summed E-state index contributed by atoms with van der Waals surface area (Å²) in [7, 11) is 0. The molecule has 2 heterocycles. The molecule has 7 heteroatoms. The largest absolute Gasteiger partial charge is 0.394 e. The van der Waals surface area contributed by atoms with Crippen molar-refractivity contribution < 1.29 is 19.4 Å². The second kappa shape index (κ2) is 8.53. The standard InChI is InChI=1S/C18H25N3O4/c22-11-13-25-12-10-19-6-8-20(9-7-19)16-14-17(23)21(18(16)24)15-4-2-1-3-5-15/h1-5,16,22H,6-14H2/t16-/m1/s1. The Morgan fingerprint density at radius 1 is 1.04 bits per heavy atom. The van der Waals surface area contributed by atoms with Crippen LogP contribution in [0, 0.1) is 0 Å². The summed E-state index contributed by atoms with van der Waals surface area (Å²) >= 11 is 0. The number of nitrogens with zero attached hydrogens (tertiary/aromatic N) is 3. The van der Waals surface area contributed by atoms with Gasteiger partial charge >= 0.3 is 0 Å². The van der Waals surface area contributed by atoms with Crippen LogP contribution in [0.25, 0.3) is 0 Å². The van der Waals surface area contributed by atoms with Crippen molar-refractivity contribution in [2.45, 2.75) is 12.5 Å². The van der Waals surface area contributed by atoms with Gasteiger partial charge in [0.15, 0.2) is 0 Å². The van der Waals surface area contributed by atoms with Crippen LogP contribution in [0.1, 0.15) is 6.42 Å². The van der Waals surface area contributed by atoms with Crippen LogP contribution in [0.15, 0.2) is 30.3 Å². The zero-order chi connectivity index (χ0) is 17.6. The lowest BCUT2D eigenvalue weighted by molar-refractivity contribution is -0.123. The smallest absolute Gasteiger partial charge is 0.251 e. The quantitative estimate of drug-likeness (QED) is 0.551. The summed E-state index contributed by atoms with van der Waals surface area (Å²) in [4.78, 5) is 30.8. The van der Waals surface area contributed by atoms with E-state index in [9.17, 15) is 9.59 Å². The Hall–Kier alpha value is -1.80. The van der Waals surface area contributed by atoms with Crippen LogP contribution in [-0.4, -0.2) is 85.3 Å². The fourth-order valence-electron chi connectivity index (χ4n) is 3.41. The second-order valence-electron chi connectivity index (χ2n) is 6.34. The highest BCUT2D eigenvalue weighted by molar-refractivity contribution is 6.22. The van der Waals surface area contributed by atoms with Gasteiger partial charge in [0.25, 0.3) is 5.91 Å². The van der Waals surface area contributed by atoms with Crippen molar-refractivity contribution in [3.05, 3.63) is 30.3 Å². The molecule has 1 atom stereocenters. The fourth-order valence-corrected chi connectivity index (χ4v) is 3.41. The molecule has 2 amide bonds. The van der Waals surface area contributed by atoms with Gasteiger partial charge in [0, 0.05) is 32.7 Å². The minimum absolute atomic E-state index is 0.0452. The summed E-state index contributed by atoms with van der Waals surface area (Å²) in [5.41, 5.74) is 0.652. The van der Waals surface area contributed by atoms with Crippen LogP contribution < -0.4 is 4.90 Å². The molecule has 1 aromatic carbocycles. The fraction of sp³-hybridized carbons (Fsp3) is 0.556. The number of ether oxygens (including phenoxy) is 1. The van der Waals surface area contributed by atoms with Crippen molar-refractivity contribution >= 4 is 17.5 Å². The average molecular weight is 347 g/mol. The Bertz CT molecular complexity index is 587. The maximum absolute atomic E-state index is 12.7. The molecule has 0 aliphatic carbocycles. The lowest BCUT2D eigenvalue weighted by Crippen LogP contribution is -2.53.